The van der Waals surface area contributed by atoms with Crippen molar-refractivity contribution < 1.29 is 14.7 Å². The fourth-order valence-electron chi connectivity index (χ4n) is 2.10. The summed E-state index contributed by atoms with van der Waals surface area (Å²) in [4.78, 5) is 11.4. The van der Waals surface area contributed by atoms with E-state index in [2.05, 4.69) is 0 Å². The molecule has 0 aliphatic heterocycles. The number of ether oxygens (including phenoxy) is 1. The molecule has 0 saturated heterocycles. The molecular formula is C16H17NO3. The number of benzene rings is 2. The van der Waals surface area contributed by atoms with Crippen molar-refractivity contribution in [3.8, 4) is 5.75 Å². The van der Waals surface area contributed by atoms with Gasteiger partial charge in [-0.05, 0) is 42.7 Å². The van der Waals surface area contributed by atoms with E-state index in [0.717, 1.165) is 22.4 Å². The zero-order valence-corrected chi connectivity index (χ0v) is 11.5. The van der Waals surface area contributed by atoms with E-state index < -0.39 is 5.91 Å². The van der Waals surface area contributed by atoms with Crippen LogP contribution in [0.15, 0.2) is 42.5 Å². The molecule has 4 nitrogen and oxygen atoms in total. The van der Waals surface area contributed by atoms with Gasteiger partial charge in [0.05, 0.1) is 0 Å². The zero-order chi connectivity index (χ0) is 14.5. The molecule has 2 aromatic rings. The highest BCUT2D eigenvalue weighted by molar-refractivity contribution is 5.94. The fraction of sp³-hybridized carbons (Fsp3) is 0.188. The summed E-state index contributed by atoms with van der Waals surface area (Å²) < 4.78 is 5.83. The van der Waals surface area contributed by atoms with Gasteiger partial charge in [-0.3, -0.25) is 10.0 Å². The molecule has 0 fully saturated rings. The molecule has 20 heavy (non-hydrogen) atoms. The molecule has 0 bridgehead atoms. The molecule has 0 aliphatic carbocycles. The average molecular weight is 271 g/mol. The van der Waals surface area contributed by atoms with Crippen molar-refractivity contribution in [3.05, 3.63) is 64.7 Å². The Morgan fingerprint density at radius 1 is 1.15 bits per heavy atom. The highest BCUT2D eigenvalue weighted by Gasteiger charge is 2.11. The standard InChI is InChI=1S/C16H17NO3/c1-11-8-14(16(18)17-19)9-12(2)15(11)20-10-13-6-4-3-5-7-13/h3-9,19H,10H2,1-2H3,(H,17,18). The van der Waals surface area contributed by atoms with Crippen molar-refractivity contribution in [1.82, 2.24) is 5.48 Å². The van der Waals surface area contributed by atoms with Crippen LogP contribution in [0.1, 0.15) is 27.0 Å². The average Bonchev–Trinajstić information content (AvgIpc) is 2.46. The molecule has 0 heterocycles. The van der Waals surface area contributed by atoms with E-state index in [1.807, 2.05) is 44.2 Å². The van der Waals surface area contributed by atoms with Gasteiger partial charge in [0.15, 0.2) is 0 Å². The summed E-state index contributed by atoms with van der Waals surface area (Å²) in [5, 5.41) is 8.66. The Labute approximate surface area is 118 Å². The van der Waals surface area contributed by atoms with Crippen LogP contribution < -0.4 is 10.2 Å². The van der Waals surface area contributed by atoms with Crippen LogP contribution in [-0.4, -0.2) is 11.1 Å². The second-order valence-corrected chi connectivity index (χ2v) is 4.65. The van der Waals surface area contributed by atoms with Crippen LogP contribution in [0.3, 0.4) is 0 Å². The number of nitrogens with one attached hydrogen (secondary N) is 1. The smallest absolute Gasteiger partial charge is 0.274 e. The lowest BCUT2D eigenvalue weighted by Crippen LogP contribution is -2.19. The minimum absolute atomic E-state index is 0.412. The second kappa shape index (κ2) is 6.21. The van der Waals surface area contributed by atoms with E-state index in [1.165, 1.54) is 0 Å². The summed E-state index contributed by atoms with van der Waals surface area (Å²) in [5.41, 5.74) is 4.85. The molecular weight excluding hydrogens is 254 g/mol. The van der Waals surface area contributed by atoms with Crippen LogP contribution in [0.25, 0.3) is 0 Å². The van der Waals surface area contributed by atoms with E-state index in [1.54, 1.807) is 17.6 Å². The Morgan fingerprint density at radius 3 is 2.30 bits per heavy atom. The number of carbonyl (C=O) groups is 1. The van der Waals surface area contributed by atoms with Gasteiger partial charge in [-0.2, -0.15) is 0 Å². The molecule has 0 aliphatic rings. The third kappa shape index (κ3) is 3.16. The summed E-state index contributed by atoms with van der Waals surface area (Å²) in [6, 6.07) is 13.3. The molecule has 1 amide bonds. The summed E-state index contributed by atoms with van der Waals surface area (Å²) in [6.07, 6.45) is 0. The largest absolute Gasteiger partial charge is 0.488 e. The molecule has 0 radical (unpaired) electrons. The first-order valence-corrected chi connectivity index (χ1v) is 6.34. The van der Waals surface area contributed by atoms with E-state index in [0.29, 0.717) is 12.2 Å². The van der Waals surface area contributed by atoms with Crippen LogP contribution in [0.2, 0.25) is 0 Å². The molecule has 0 unspecified atom stereocenters. The van der Waals surface area contributed by atoms with Gasteiger partial charge in [0, 0.05) is 5.56 Å². The lowest BCUT2D eigenvalue weighted by atomic mass is 10.1. The number of amides is 1. The third-order valence-corrected chi connectivity index (χ3v) is 3.05. The number of rotatable bonds is 4. The first-order chi connectivity index (χ1) is 9.61. The summed E-state index contributed by atoms with van der Waals surface area (Å²) >= 11 is 0. The molecule has 2 aromatic carbocycles. The maximum absolute atomic E-state index is 11.4. The molecule has 0 aromatic heterocycles. The predicted octanol–water partition coefficient (Wildman–Crippen LogP) is 3.00. The van der Waals surface area contributed by atoms with Crippen LogP contribution in [0.4, 0.5) is 0 Å². The zero-order valence-electron chi connectivity index (χ0n) is 11.5. The third-order valence-electron chi connectivity index (χ3n) is 3.05. The molecule has 2 rings (SSSR count). The van der Waals surface area contributed by atoms with E-state index in [9.17, 15) is 4.79 Å². The molecule has 0 atom stereocenters. The van der Waals surface area contributed by atoms with Gasteiger partial charge in [0.25, 0.3) is 5.91 Å². The Balaban J connectivity index is 2.18. The summed E-state index contributed by atoms with van der Waals surface area (Å²) in [5.74, 6) is 0.245. The van der Waals surface area contributed by atoms with Crippen molar-refractivity contribution in [2.24, 2.45) is 0 Å². The minimum Gasteiger partial charge on any atom is -0.488 e. The van der Waals surface area contributed by atoms with Gasteiger partial charge in [-0.25, -0.2) is 5.48 Å². The van der Waals surface area contributed by atoms with Crippen molar-refractivity contribution in [1.29, 1.82) is 0 Å². The molecule has 4 heteroatoms. The van der Waals surface area contributed by atoms with Gasteiger partial charge < -0.3 is 4.74 Å². The minimum atomic E-state index is -0.522. The maximum atomic E-state index is 11.4. The molecule has 0 saturated carbocycles. The van der Waals surface area contributed by atoms with Gasteiger partial charge in [-0.1, -0.05) is 30.3 Å². The number of hydrogen-bond acceptors (Lipinski definition) is 3. The van der Waals surface area contributed by atoms with Crippen molar-refractivity contribution in [3.63, 3.8) is 0 Å². The van der Waals surface area contributed by atoms with Crippen LogP contribution in [-0.2, 0) is 6.61 Å². The lowest BCUT2D eigenvalue weighted by Gasteiger charge is -2.13. The maximum Gasteiger partial charge on any atom is 0.274 e. The molecule has 104 valence electrons. The Morgan fingerprint density at radius 2 is 1.75 bits per heavy atom. The fourth-order valence-corrected chi connectivity index (χ4v) is 2.10. The first kappa shape index (κ1) is 14.1. The van der Waals surface area contributed by atoms with Crippen LogP contribution in [0.5, 0.6) is 5.75 Å². The number of hydroxylamine groups is 1. The van der Waals surface area contributed by atoms with Gasteiger partial charge in [0.1, 0.15) is 12.4 Å². The Kier molecular flexibility index (Phi) is 4.38. The highest BCUT2D eigenvalue weighted by Crippen LogP contribution is 2.25. The number of hydrogen-bond donors (Lipinski definition) is 2. The van der Waals surface area contributed by atoms with Crippen LogP contribution >= 0.6 is 0 Å². The molecule has 0 spiro atoms. The van der Waals surface area contributed by atoms with Crippen molar-refractivity contribution >= 4 is 5.91 Å². The van der Waals surface area contributed by atoms with Crippen molar-refractivity contribution in [2.75, 3.05) is 0 Å². The predicted molar refractivity (Wildman–Crippen MR) is 75.9 cm³/mol. The first-order valence-electron chi connectivity index (χ1n) is 6.34. The van der Waals surface area contributed by atoms with E-state index >= 15 is 0 Å². The van der Waals surface area contributed by atoms with Gasteiger partial charge >= 0.3 is 0 Å². The van der Waals surface area contributed by atoms with Crippen molar-refractivity contribution in [2.45, 2.75) is 20.5 Å². The quantitative estimate of drug-likeness (QED) is 0.664. The van der Waals surface area contributed by atoms with E-state index in [4.69, 9.17) is 9.94 Å². The van der Waals surface area contributed by atoms with E-state index in [-0.39, 0.29) is 0 Å². The Hall–Kier alpha value is -2.33. The number of aryl methyl sites for hydroxylation is 2. The second-order valence-electron chi connectivity index (χ2n) is 4.65. The topological polar surface area (TPSA) is 58.6 Å². The van der Waals surface area contributed by atoms with Crippen LogP contribution in [0, 0.1) is 13.8 Å². The SMILES string of the molecule is Cc1cc(C(=O)NO)cc(C)c1OCc1ccccc1. The van der Waals surface area contributed by atoms with Gasteiger partial charge in [0.2, 0.25) is 0 Å². The normalized spacial score (nSPS) is 10.2. The highest BCUT2D eigenvalue weighted by atomic mass is 16.5. The lowest BCUT2D eigenvalue weighted by molar-refractivity contribution is 0.0706. The Bertz CT molecular complexity index is 585. The summed E-state index contributed by atoms with van der Waals surface area (Å²) in [7, 11) is 0. The monoisotopic (exact) mass is 271 g/mol. The summed E-state index contributed by atoms with van der Waals surface area (Å²) in [6.45, 7) is 4.23. The number of carbonyl (C=O) groups excluding carboxylic acids is 1. The molecule has 2 N–H and O–H groups in total. The van der Waals surface area contributed by atoms with Gasteiger partial charge in [-0.15, -0.1) is 0 Å².